The van der Waals surface area contributed by atoms with Crippen molar-refractivity contribution >= 4 is 17.9 Å². The second-order valence-corrected chi connectivity index (χ2v) is 6.27. The lowest BCUT2D eigenvalue weighted by Crippen LogP contribution is -2.25. The molecular formula is C14H23N3O2S. The van der Waals surface area contributed by atoms with Crippen LogP contribution in [0.2, 0.25) is 0 Å². The van der Waals surface area contributed by atoms with Gasteiger partial charge in [-0.05, 0) is 19.1 Å². The first-order valence-corrected chi connectivity index (χ1v) is 8.47. The van der Waals surface area contributed by atoms with Crippen molar-refractivity contribution in [3.05, 3.63) is 11.9 Å². The minimum Gasteiger partial charge on any atom is -0.407 e. The van der Waals surface area contributed by atoms with E-state index in [1.54, 1.807) is 25.9 Å². The fourth-order valence-corrected chi connectivity index (χ4v) is 2.93. The molecule has 0 aromatic carbocycles. The molecule has 0 unspecified atom stereocenters. The van der Waals surface area contributed by atoms with Gasteiger partial charge in [-0.1, -0.05) is 19.3 Å². The van der Waals surface area contributed by atoms with Crippen molar-refractivity contribution < 1.29 is 9.53 Å². The van der Waals surface area contributed by atoms with Gasteiger partial charge in [0.05, 0.1) is 12.2 Å². The van der Waals surface area contributed by atoms with E-state index in [9.17, 15) is 4.79 Å². The molecule has 1 aliphatic carbocycles. The van der Waals surface area contributed by atoms with E-state index in [1.165, 1.54) is 37.0 Å². The Labute approximate surface area is 124 Å². The SMILES string of the molecule is CSCc1nn(C2CCCCC2)cc1OC(=O)N(C)C. The lowest BCUT2D eigenvalue weighted by atomic mass is 9.96. The number of ether oxygens (including phenoxy) is 1. The number of hydrogen-bond acceptors (Lipinski definition) is 4. The number of thioether (sulfide) groups is 1. The molecule has 1 amide bonds. The van der Waals surface area contributed by atoms with Crippen LogP contribution in [0.4, 0.5) is 4.79 Å². The molecule has 1 aromatic heterocycles. The minimum absolute atomic E-state index is 0.351. The highest BCUT2D eigenvalue weighted by Crippen LogP contribution is 2.31. The molecule has 1 aromatic rings. The smallest absolute Gasteiger partial charge is 0.407 e. The first kappa shape index (κ1) is 15.2. The maximum Gasteiger partial charge on any atom is 0.414 e. The zero-order chi connectivity index (χ0) is 14.5. The van der Waals surface area contributed by atoms with Gasteiger partial charge in [-0.25, -0.2) is 4.79 Å². The van der Waals surface area contributed by atoms with Gasteiger partial charge in [0.25, 0.3) is 0 Å². The predicted molar refractivity (Wildman–Crippen MR) is 81.3 cm³/mol. The fraction of sp³-hybridized carbons (Fsp3) is 0.714. The third kappa shape index (κ3) is 3.69. The zero-order valence-corrected chi connectivity index (χ0v) is 13.3. The highest BCUT2D eigenvalue weighted by atomic mass is 32.2. The van der Waals surface area contributed by atoms with Crippen LogP contribution in [0.3, 0.4) is 0 Å². The standard InChI is InChI=1S/C14H23N3O2S/c1-16(2)14(18)19-13-9-17(15-12(13)10-20-3)11-7-5-4-6-8-11/h9,11H,4-8,10H2,1-3H3. The Kier molecular flexibility index (Phi) is 5.34. The van der Waals surface area contributed by atoms with Gasteiger partial charge in [0, 0.05) is 19.8 Å². The number of rotatable bonds is 4. The van der Waals surface area contributed by atoms with Gasteiger partial charge < -0.3 is 9.64 Å². The number of carbonyl (C=O) groups excluding carboxylic acids is 1. The molecule has 0 aliphatic heterocycles. The van der Waals surface area contributed by atoms with E-state index in [2.05, 4.69) is 5.10 Å². The van der Waals surface area contributed by atoms with Crippen molar-refractivity contribution in [3.8, 4) is 5.75 Å². The Bertz CT molecular complexity index is 453. The van der Waals surface area contributed by atoms with E-state index >= 15 is 0 Å². The Morgan fingerprint density at radius 1 is 1.45 bits per heavy atom. The van der Waals surface area contributed by atoms with Crippen molar-refractivity contribution in [2.75, 3.05) is 20.4 Å². The summed E-state index contributed by atoms with van der Waals surface area (Å²) in [6.45, 7) is 0. The molecule has 20 heavy (non-hydrogen) atoms. The second-order valence-electron chi connectivity index (χ2n) is 5.41. The van der Waals surface area contributed by atoms with Gasteiger partial charge in [-0.3, -0.25) is 4.68 Å². The number of carbonyl (C=O) groups is 1. The molecule has 1 heterocycles. The van der Waals surface area contributed by atoms with Crippen LogP contribution >= 0.6 is 11.8 Å². The minimum atomic E-state index is -0.351. The van der Waals surface area contributed by atoms with Gasteiger partial charge in [0.1, 0.15) is 5.69 Å². The average molecular weight is 297 g/mol. The predicted octanol–water partition coefficient (Wildman–Crippen LogP) is 3.31. The van der Waals surface area contributed by atoms with Crippen LogP contribution in [0.1, 0.15) is 43.8 Å². The normalized spacial score (nSPS) is 16.1. The van der Waals surface area contributed by atoms with Gasteiger partial charge in [-0.15, -0.1) is 0 Å². The Hall–Kier alpha value is -1.17. The van der Waals surface area contributed by atoms with Gasteiger partial charge in [-0.2, -0.15) is 16.9 Å². The Morgan fingerprint density at radius 2 is 2.15 bits per heavy atom. The summed E-state index contributed by atoms with van der Waals surface area (Å²) in [4.78, 5) is 13.1. The summed E-state index contributed by atoms with van der Waals surface area (Å²) in [7, 11) is 3.37. The summed E-state index contributed by atoms with van der Waals surface area (Å²) in [5.74, 6) is 1.36. The number of hydrogen-bond donors (Lipinski definition) is 0. The largest absolute Gasteiger partial charge is 0.414 e. The molecule has 0 atom stereocenters. The van der Waals surface area contributed by atoms with E-state index in [0.717, 1.165) is 11.4 Å². The van der Waals surface area contributed by atoms with Crippen molar-refractivity contribution in [3.63, 3.8) is 0 Å². The molecule has 0 radical (unpaired) electrons. The van der Waals surface area contributed by atoms with E-state index in [0.29, 0.717) is 11.8 Å². The van der Waals surface area contributed by atoms with Crippen LogP contribution in [0.15, 0.2) is 6.20 Å². The van der Waals surface area contributed by atoms with Crippen molar-refractivity contribution in [2.24, 2.45) is 0 Å². The lowest BCUT2D eigenvalue weighted by Gasteiger charge is -2.21. The molecule has 0 spiro atoms. The summed E-state index contributed by atoms with van der Waals surface area (Å²) >= 11 is 1.68. The van der Waals surface area contributed by atoms with E-state index in [1.807, 2.05) is 17.1 Å². The topological polar surface area (TPSA) is 47.4 Å². The van der Waals surface area contributed by atoms with Gasteiger partial charge in [0.2, 0.25) is 0 Å². The van der Waals surface area contributed by atoms with Crippen molar-refractivity contribution in [1.29, 1.82) is 0 Å². The summed E-state index contributed by atoms with van der Waals surface area (Å²) in [6.07, 6.45) is 9.74. The van der Waals surface area contributed by atoms with Crippen molar-refractivity contribution in [2.45, 2.75) is 43.9 Å². The number of aromatic nitrogens is 2. The molecule has 1 aliphatic rings. The fourth-order valence-electron chi connectivity index (χ4n) is 2.45. The second kappa shape index (κ2) is 7.02. The summed E-state index contributed by atoms with van der Waals surface area (Å²) in [5.41, 5.74) is 0.860. The molecular weight excluding hydrogens is 274 g/mol. The molecule has 2 rings (SSSR count). The van der Waals surface area contributed by atoms with Crippen LogP contribution in [0.25, 0.3) is 0 Å². The van der Waals surface area contributed by atoms with Crippen LogP contribution < -0.4 is 4.74 Å². The van der Waals surface area contributed by atoms with Gasteiger partial charge >= 0.3 is 6.09 Å². The van der Waals surface area contributed by atoms with Crippen LogP contribution in [-0.4, -0.2) is 41.1 Å². The molecule has 1 fully saturated rings. The third-order valence-corrected chi connectivity index (χ3v) is 4.12. The number of amides is 1. The van der Waals surface area contributed by atoms with Gasteiger partial charge in [0.15, 0.2) is 5.75 Å². The zero-order valence-electron chi connectivity index (χ0n) is 12.5. The van der Waals surface area contributed by atoms with Crippen LogP contribution in [0.5, 0.6) is 5.75 Å². The number of nitrogens with zero attached hydrogens (tertiary/aromatic N) is 3. The maximum absolute atomic E-state index is 11.7. The highest BCUT2D eigenvalue weighted by Gasteiger charge is 2.21. The molecule has 0 bridgehead atoms. The monoisotopic (exact) mass is 297 g/mol. The molecule has 112 valence electrons. The average Bonchev–Trinajstić information content (AvgIpc) is 2.83. The lowest BCUT2D eigenvalue weighted by molar-refractivity contribution is 0.171. The molecule has 6 heteroatoms. The van der Waals surface area contributed by atoms with Crippen LogP contribution in [-0.2, 0) is 5.75 Å². The molecule has 0 saturated heterocycles. The quantitative estimate of drug-likeness (QED) is 0.855. The first-order valence-electron chi connectivity index (χ1n) is 7.08. The summed E-state index contributed by atoms with van der Waals surface area (Å²) in [6, 6.07) is 0.455. The maximum atomic E-state index is 11.7. The van der Waals surface area contributed by atoms with E-state index < -0.39 is 0 Å². The Morgan fingerprint density at radius 3 is 2.75 bits per heavy atom. The molecule has 5 nitrogen and oxygen atoms in total. The Balaban J connectivity index is 2.16. The van der Waals surface area contributed by atoms with Crippen LogP contribution in [0, 0.1) is 0 Å². The summed E-state index contributed by atoms with van der Waals surface area (Å²) in [5, 5.41) is 4.64. The third-order valence-electron chi connectivity index (χ3n) is 3.56. The first-order chi connectivity index (χ1) is 9.61. The summed E-state index contributed by atoms with van der Waals surface area (Å²) < 4.78 is 7.42. The molecule has 0 N–H and O–H groups in total. The van der Waals surface area contributed by atoms with Crippen molar-refractivity contribution in [1.82, 2.24) is 14.7 Å². The molecule has 1 saturated carbocycles. The van der Waals surface area contributed by atoms with E-state index in [-0.39, 0.29) is 6.09 Å². The van der Waals surface area contributed by atoms with E-state index in [4.69, 9.17) is 4.74 Å². The highest BCUT2D eigenvalue weighted by molar-refractivity contribution is 7.97.